The summed E-state index contributed by atoms with van der Waals surface area (Å²) in [5.74, 6) is 0.655. The van der Waals surface area contributed by atoms with Crippen molar-refractivity contribution in [2.75, 3.05) is 12.4 Å². The lowest BCUT2D eigenvalue weighted by atomic mass is 10.3. The predicted octanol–water partition coefficient (Wildman–Crippen LogP) is 0.0943. The SMILES string of the molecule is Cc1nn(C)c(C)c1OCCCS(N)(=O)=O. The second kappa shape index (κ2) is 4.84. The average molecular weight is 247 g/mol. The number of aromatic nitrogens is 2. The number of ether oxygens (including phenoxy) is 1. The highest BCUT2D eigenvalue weighted by atomic mass is 32.2. The van der Waals surface area contributed by atoms with E-state index in [0.717, 1.165) is 17.1 Å². The molecular formula is C9H17N3O3S. The molecule has 2 N–H and O–H groups in total. The molecule has 0 amide bonds. The molecule has 6 nitrogen and oxygen atoms in total. The van der Waals surface area contributed by atoms with E-state index in [0.29, 0.717) is 13.0 Å². The Bertz CT molecular complexity index is 465. The Labute approximate surface area is 95.4 Å². The molecule has 0 aliphatic heterocycles. The molecule has 0 bridgehead atoms. The van der Waals surface area contributed by atoms with Crippen LogP contribution >= 0.6 is 0 Å². The summed E-state index contributed by atoms with van der Waals surface area (Å²) in [4.78, 5) is 0. The minimum absolute atomic E-state index is 0.0641. The lowest BCUT2D eigenvalue weighted by Gasteiger charge is -2.05. The molecule has 0 fully saturated rings. The Kier molecular flexibility index (Phi) is 3.93. The molecule has 0 radical (unpaired) electrons. The molecule has 0 saturated heterocycles. The maximum absolute atomic E-state index is 10.7. The van der Waals surface area contributed by atoms with Crippen molar-refractivity contribution in [3.8, 4) is 5.75 Å². The zero-order chi connectivity index (χ0) is 12.3. The van der Waals surface area contributed by atoms with Gasteiger partial charge in [-0.15, -0.1) is 0 Å². The van der Waals surface area contributed by atoms with Crippen molar-refractivity contribution in [1.29, 1.82) is 0 Å². The van der Waals surface area contributed by atoms with Crippen LogP contribution in [0.25, 0.3) is 0 Å². The van der Waals surface area contributed by atoms with Crippen LogP contribution in [0, 0.1) is 13.8 Å². The number of hydrogen-bond acceptors (Lipinski definition) is 4. The Morgan fingerprint density at radius 1 is 1.44 bits per heavy atom. The molecule has 0 atom stereocenters. The van der Waals surface area contributed by atoms with Gasteiger partial charge in [0.1, 0.15) is 5.69 Å². The highest BCUT2D eigenvalue weighted by Gasteiger charge is 2.10. The number of aryl methyl sites for hydroxylation is 2. The summed E-state index contributed by atoms with van der Waals surface area (Å²) < 4.78 is 28.6. The molecule has 0 aliphatic carbocycles. The van der Waals surface area contributed by atoms with Gasteiger partial charge in [-0.05, 0) is 20.3 Å². The van der Waals surface area contributed by atoms with E-state index in [1.54, 1.807) is 4.68 Å². The van der Waals surface area contributed by atoms with Crippen LogP contribution in [0.15, 0.2) is 0 Å². The lowest BCUT2D eigenvalue weighted by molar-refractivity contribution is 0.313. The molecule has 0 saturated carbocycles. The Balaban J connectivity index is 2.49. The smallest absolute Gasteiger partial charge is 0.209 e. The number of sulfonamides is 1. The Hall–Kier alpha value is -1.08. The van der Waals surface area contributed by atoms with E-state index in [9.17, 15) is 8.42 Å². The standard InChI is InChI=1S/C9H17N3O3S/c1-7-9(8(2)12(3)11-7)15-5-4-6-16(10,13)14/h4-6H2,1-3H3,(H2,10,13,14). The van der Waals surface area contributed by atoms with Crippen LogP contribution < -0.4 is 9.88 Å². The van der Waals surface area contributed by atoms with Gasteiger partial charge in [-0.25, -0.2) is 13.6 Å². The summed E-state index contributed by atoms with van der Waals surface area (Å²) in [6.07, 6.45) is 0.382. The third-order valence-corrected chi connectivity index (χ3v) is 3.12. The summed E-state index contributed by atoms with van der Waals surface area (Å²) in [6, 6.07) is 0. The molecule has 7 heteroatoms. The monoisotopic (exact) mass is 247 g/mol. The molecule has 1 heterocycles. The van der Waals surface area contributed by atoms with Gasteiger partial charge in [0, 0.05) is 7.05 Å². The van der Waals surface area contributed by atoms with Crippen LogP contribution in [0.1, 0.15) is 17.8 Å². The van der Waals surface area contributed by atoms with Gasteiger partial charge in [-0.2, -0.15) is 5.10 Å². The minimum Gasteiger partial charge on any atom is -0.490 e. The Morgan fingerprint density at radius 3 is 2.50 bits per heavy atom. The maximum atomic E-state index is 10.7. The molecule has 1 aromatic rings. The van der Waals surface area contributed by atoms with Crippen LogP contribution in [0.2, 0.25) is 0 Å². The van der Waals surface area contributed by atoms with E-state index >= 15 is 0 Å². The number of nitrogens with zero attached hydrogens (tertiary/aromatic N) is 2. The topological polar surface area (TPSA) is 87.2 Å². The molecule has 92 valence electrons. The van der Waals surface area contributed by atoms with Crippen molar-refractivity contribution < 1.29 is 13.2 Å². The van der Waals surface area contributed by atoms with Gasteiger partial charge in [0.25, 0.3) is 0 Å². The van der Waals surface area contributed by atoms with Gasteiger partial charge in [0.05, 0.1) is 18.1 Å². The molecule has 0 aliphatic rings. The van der Waals surface area contributed by atoms with Crippen LogP contribution in [0.3, 0.4) is 0 Å². The maximum Gasteiger partial charge on any atom is 0.209 e. The van der Waals surface area contributed by atoms with Crippen LogP contribution in [-0.4, -0.2) is 30.6 Å². The number of primary sulfonamides is 1. The normalized spacial score (nSPS) is 11.8. The summed E-state index contributed by atoms with van der Waals surface area (Å²) in [6.45, 7) is 4.07. The fourth-order valence-corrected chi connectivity index (χ4v) is 1.92. The van der Waals surface area contributed by atoms with E-state index in [1.165, 1.54) is 0 Å². The van der Waals surface area contributed by atoms with E-state index in [4.69, 9.17) is 9.88 Å². The molecule has 1 aromatic heterocycles. The second-order valence-electron chi connectivity index (χ2n) is 3.69. The molecule has 16 heavy (non-hydrogen) atoms. The number of hydrogen-bond donors (Lipinski definition) is 1. The van der Waals surface area contributed by atoms with E-state index in [1.807, 2.05) is 20.9 Å². The van der Waals surface area contributed by atoms with Gasteiger partial charge in [-0.3, -0.25) is 4.68 Å². The fourth-order valence-electron chi connectivity index (χ4n) is 1.40. The summed E-state index contributed by atoms with van der Waals surface area (Å²) in [5.41, 5.74) is 1.73. The van der Waals surface area contributed by atoms with E-state index in [-0.39, 0.29) is 5.75 Å². The van der Waals surface area contributed by atoms with E-state index < -0.39 is 10.0 Å². The first kappa shape index (κ1) is 13.0. The van der Waals surface area contributed by atoms with Gasteiger partial charge < -0.3 is 4.74 Å². The zero-order valence-corrected chi connectivity index (χ0v) is 10.5. The summed E-state index contributed by atoms with van der Waals surface area (Å²) >= 11 is 0. The Morgan fingerprint density at radius 2 is 2.06 bits per heavy atom. The minimum atomic E-state index is -3.39. The number of nitrogens with two attached hydrogens (primary N) is 1. The third-order valence-electron chi connectivity index (χ3n) is 2.26. The largest absolute Gasteiger partial charge is 0.490 e. The van der Waals surface area contributed by atoms with Crippen molar-refractivity contribution in [3.63, 3.8) is 0 Å². The molecule has 0 aromatic carbocycles. The number of rotatable bonds is 5. The van der Waals surface area contributed by atoms with E-state index in [2.05, 4.69) is 5.10 Å². The van der Waals surface area contributed by atoms with Crippen LogP contribution in [0.4, 0.5) is 0 Å². The zero-order valence-electron chi connectivity index (χ0n) is 9.73. The molecule has 0 spiro atoms. The molecule has 0 unspecified atom stereocenters. The highest BCUT2D eigenvalue weighted by molar-refractivity contribution is 7.89. The summed E-state index contributed by atoms with van der Waals surface area (Å²) in [7, 11) is -1.56. The second-order valence-corrected chi connectivity index (χ2v) is 5.43. The van der Waals surface area contributed by atoms with Gasteiger partial charge >= 0.3 is 0 Å². The van der Waals surface area contributed by atoms with Crippen molar-refractivity contribution in [1.82, 2.24) is 9.78 Å². The molecular weight excluding hydrogens is 230 g/mol. The van der Waals surface area contributed by atoms with Crippen molar-refractivity contribution in [3.05, 3.63) is 11.4 Å². The van der Waals surface area contributed by atoms with Crippen molar-refractivity contribution in [2.45, 2.75) is 20.3 Å². The third kappa shape index (κ3) is 3.49. The first-order valence-electron chi connectivity index (χ1n) is 4.94. The highest BCUT2D eigenvalue weighted by Crippen LogP contribution is 2.21. The summed E-state index contributed by atoms with van der Waals surface area (Å²) in [5, 5.41) is 9.07. The van der Waals surface area contributed by atoms with Crippen LogP contribution in [-0.2, 0) is 17.1 Å². The first-order valence-corrected chi connectivity index (χ1v) is 6.66. The fraction of sp³-hybridized carbons (Fsp3) is 0.667. The first-order chi connectivity index (χ1) is 7.31. The predicted molar refractivity (Wildman–Crippen MR) is 60.8 cm³/mol. The molecule has 1 rings (SSSR count). The van der Waals surface area contributed by atoms with Crippen molar-refractivity contribution in [2.24, 2.45) is 12.2 Å². The lowest BCUT2D eigenvalue weighted by Crippen LogP contribution is -2.18. The van der Waals surface area contributed by atoms with Gasteiger partial charge in [0.2, 0.25) is 10.0 Å². The van der Waals surface area contributed by atoms with Crippen molar-refractivity contribution >= 4 is 10.0 Å². The quantitative estimate of drug-likeness (QED) is 0.747. The van der Waals surface area contributed by atoms with Gasteiger partial charge in [-0.1, -0.05) is 0 Å². The van der Waals surface area contributed by atoms with Crippen LogP contribution in [0.5, 0.6) is 5.75 Å². The average Bonchev–Trinajstić information content (AvgIpc) is 2.36. The van der Waals surface area contributed by atoms with Gasteiger partial charge in [0.15, 0.2) is 5.75 Å².